The zero-order chi connectivity index (χ0) is 7.15. The topological polar surface area (TPSA) is 132 Å². The Morgan fingerprint density at radius 1 is 0.800 bits per heavy atom. The van der Waals surface area contributed by atoms with Gasteiger partial charge in [-0.3, -0.25) is 0 Å². The van der Waals surface area contributed by atoms with E-state index in [1.165, 1.54) is 0 Å². The first-order valence-electron chi connectivity index (χ1n) is 1.10. The van der Waals surface area contributed by atoms with Crippen molar-refractivity contribution in [3.8, 4) is 0 Å². The van der Waals surface area contributed by atoms with Crippen LogP contribution >= 0.6 is 0 Å². The van der Waals surface area contributed by atoms with Crippen molar-refractivity contribution in [3.05, 3.63) is 30.6 Å². The van der Waals surface area contributed by atoms with Crippen LogP contribution in [0.5, 0.6) is 0 Å². The number of hydrogen-bond acceptors (Lipinski definition) is 6. The normalized spacial score (nSPS) is 4.80. The van der Waals surface area contributed by atoms with Crippen molar-refractivity contribution in [2.75, 3.05) is 0 Å². The van der Waals surface area contributed by atoms with Gasteiger partial charge < -0.3 is 30.6 Å². The van der Waals surface area contributed by atoms with Gasteiger partial charge in [0.2, 0.25) is 0 Å². The Morgan fingerprint density at radius 2 is 0.800 bits per heavy atom. The van der Waals surface area contributed by atoms with Crippen molar-refractivity contribution in [1.82, 2.24) is 0 Å². The zero-order valence-electron chi connectivity index (χ0n) is 4.30. The molecule has 0 N–H and O–H groups in total. The molecule has 0 aliphatic carbocycles. The van der Waals surface area contributed by atoms with Crippen molar-refractivity contribution < 1.29 is 101 Å². The van der Waals surface area contributed by atoms with Crippen LogP contribution in [0.3, 0.4) is 0 Å². The van der Waals surface area contributed by atoms with E-state index in [-0.39, 0.29) is 90.7 Å². The van der Waals surface area contributed by atoms with Crippen LogP contribution in [-0.4, -0.2) is 10.2 Å². The van der Waals surface area contributed by atoms with Crippen molar-refractivity contribution in [2.45, 2.75) is 0 Å². The summed E-state index contributed by atoms with van der Waals surface area (Å²) in [6, 6.07) is 0. The SMILES string of the molecule is O=[N+]([O-])[O-].O=[N+]([O-])[O-].[Eu+3].[Pr+3]. The molecule has 0 spiro atoms. The van der Waals surface area contributed by atoms with Gasteiger partial charge in [0.05, 0.1) is 10.2 Å². The van der Waals surface area contributed by atoms with Crippen LogP contribution in [0.4, 0.5) is 0 Å². The fourth-order valence-electron chi connectivity index (χ4n) is 0. The van der Waals surface area contributed by atoms with Gasteiger partial charge in [0, 0.05) is 0 Å². The average Bonchev–Trinajstić information content (AvgIpc) is 1.25. The first-order chi connectivity index (χ1) is 3.46. The summed E-state index contributed by atoms with van der Waals surface area (Å²) in [4.78, 5) is 16.5. The third kappa shape index (κ3) is 358. The standard InChI is InChI=1S/Eu.2NO3.Pr/c;2*2-1(3)4;/q+3;2*-1;+3. The van der Waals surface area contributed by atoms with E-state index in [0.717, 1.165) is 0 Å². The third-order valence-corrected chi connectivity index (χ3v) is 0. The molecule has 52 valence electrons. The van der Waals surface area contributed by atoms with E-state index >= 15 is 0 Å². The van der Waals surface area contributed by atoms with Gasteiger partial charge in [-0.1, -0.05) is 0 Å². The Hall–Kier alpha value is 1.35. The van der Waals surface area contributed by atoms with Crippen LogP contribution in [0.1, 0.15) is 0 Å². The van der Waals surface area contributed by atoms with Gasteiger partial charge in [-0.05, 0) is 0 Å². The number of rotatable bonds is 0. The Morgan fingerprint density at radius 3 is 0.800 bits per heavy atom. The predicted molar refractivity (Wildman–Crippen MR) is 20.7 cm³/mol. The molecule has 0 aliphatic rings. The Balaban J connectivity index is -0.0000000300. The molecule has 0 fully saturated rings. The van der Waals surface area contributed by atoms with Gasteiger partial charge in [-0.15, -0.1) is 0 Å². The van der Waals surface area contributed by atoms with Crippen LogP contribution in [0.15, 0.2) is 0 Å². The van der Waals surface area contributed by atoms with E-state index in [0.29, 0.717) is 0 Å². The molecule has 0 saturated heterocycles. The van der Waals surface area contributed by atoms with E-state index in [2.05, 4.69) is 0 Å². The van der Waals surface area contributed by atoms with Crippen molar-refractivity contribution in [3.63, 3.8) is 0 Å². The Kier molecular flexibility index (Phi) is 37.7. The van der Waals surface area contributed by atoms with Crippen molar-refractivity contribution in [1.29, 1.82) is 0 Å². The zero-order valence-corrected chi connectivity index (χ0v) is 10.4. The van der Waals surface area contributed by atoms with E-state index in [1.807, 2.05) is 0 Å². The minimum atomic E-state index is -1.75. The molecular weight excluding hydrogens is 417 g/mol. The Labute approximate surface area is 129 Å². The largest absolute Gasteiger partial charge is 3.00 e. The van der Waals surface area contributed by atoms with E-state index in [1.54, 1.807) is 0 Å². The molecule has 10 heteroatoms. The van der Waals surface area contributed by atoms with Gasteiger partial charge in [0.25, 0.3) is 0 Å². The van der Waals surface area contributed by atoms with Crippen LogP contribution < -0.4 is 0 Å². The molecule has 10 heavy (non-hydrogen) atoms. The van der Waals surface area contributed by atoms with Crippen LogP contribution in [0.2, 0.25) is 0 Å². The molecule has 8 nitrogen and oxygen atoms in total. The van der Waals surface area contributed by atoms with Crippen molar-refractivity contribution in [2.24, 2.45) is 0 Å². The smallest absolute Gasteiger partial charge is 0.356 e. The average molecular weight is 417 g/mol. The molecule has 0 aromatic heterocycles. The summed E-state index contributed by atoms with van der Waals surface area (Å²) >= 11 is 0. The summed E-state index contributed by atoms with van der Waals surface area (Å²) in [6.07, 6.45) is 0. The fourth-order valence-corrected chi connectivity index (χ4v) is 0. The number of nitrogens with zero attached hydrogens (tertiary/aromatic N) is 2. The second-order valence-corrected chi connectivity index (χ2v) is 0.447. The first kappa shape index (κ1) is 22.5. The first-order valence-corrected chi connectivity index (χ1v) is 1.10. The summed E-state index contributed by atoms with van der Waals surface area (Å²) in [5, 5.41) is 29.5. The molecule has 0 radical (unpaired) electrons. The monoisotopic (exact) mass is 418 g/mol. The van der Waals surface area contributed by atoms with Crippen molar-refractivity contribution >= 4 is 0 Å². The maximum atomic E-state index is 8.25. The van der Waals surface area contributed by atoms with Gasteiger partial charge in [-0.2, -0.15) is 0 Å². The molecule has 0 amide bonds. The number of hydrogen-bond donors (Lipinski definition) is 0. The Bertz CT molecular complexity index is 73.7. The molecule has 0 saturated carbocycles. The molecule has 0 atom stereocenters. The summed E-state index contributed by atoms with van der Waals surface area (Å²) in [7, 11) is 0. The molecule has 0 aromatic carbocycles. The molecular formula is EuN2O6Pr+4. The summed E-state index contributed by atoms with van der Waals surface area (Å²) in [6.45, 7) is 0. The molecule has 0 rings (SSSR count). The van der Waals surface area contributed by atoms with Gasteiger partial charge in [-0.25, -0.2) is 0 Å². The second-order valence-electron chi connectivity index (χ2n) is 0.447. The second kappa shape index (κ2) is 16.7. The van der Waals surface area contributed by atoms with Gasteiger partial charge in [0.1, 0.15) is 0 Å². The minimum Gasteiger partial charge on any atom is -0.356 e. The quantitative estimate of drug-likeness (QED) is 0.387. The molecule has 0 heterocycles. The summed E-state index contributed by atoms with van der Waals surface area (Å²) < 4.78 is 0. The molecule has 0 aromatic rings. The molecule has 0 bridgehead atoms. The summed E-state index contributed by atoms with van der Waals surface area (Å²) in [5.41, 5.74) is 0. The summed E-state index contributed by atoms with van der Waals surface area (Å²) in [5.74, 6) is 0. The maximum absolute atomic E-state index is 8.25. The van der Waals surface area contributed by atoms with Gasteiger partial charge in [0.15, 0.2) is 0 Å². The molecule has 0 unspecified atom stereocenters. The van der Waals surface area contributed by atoms with E-state index < -0.39 is 10.2 Å². The third-order valence-electron chi connectivity index (χ3n) is 0. The van der Waals surface area contributed by atoms with E-state index in [4.69, 9.17) is 30.6 Å². The maximum Gasteiger partial charge on any atom is 3.00 e. The van der Waals surface area contributed by atoms with Crippen LogP contribution in [0.25, 0.3) is 0 Å². The fraction of sp³-hybridized carbons (Fsp3) is 0. The predicted octanol–water partition coefficient (Wildman–Crippen LogP) is -0.478. The van der Waals surface area contributed by atoms with Crippen LogP contribution in [0, 0.1) is 121 Å². The van der Waals surface area contributed by atoms with E-state index in [9.17, 15) is 0 Å². The van der Waals surface area contributed by atoms with Gasteiger partial charge >= 0.3 is 90.7 Å². The molecule has 0 aliphatic heterocycles. The van der Waals surface area contributed by atoms with Crippen LogP contribution in [-0.2, 0) is 0 Å². The minimum absolute atomic E-state index is 0.